The lowest BCUT2D eigenvalue weighted by molar-refractivity contribution is 1.13. The summed E-state index contributed by atoms with van der Waals surface area (Å²) in [7, 11) is 0. The highest BCUT2D eigenvalue weighted by Gasteiger charge is 2.11. The molecule has 0 heterocycles. The Morgan fingerprint density at radius 2 is 0.692 bits per heavy atom. The van der Waals surface area contributed by atoms with Crippen LogP contribution < -0.4 is 22.9 Å². The first-order valence-corrected chi connectivity index (χ1v) is 13.6. The Bertz CT molecular complexity index is 406. The molecule has 1 aromatic carbocycles. The van der Waals surface area contributed by atoms with E-state index in [1.165, 1.54) is 22.3 Å². The summed E-state index contributed by atoms with van der Waals surface area (Å²) >= 11 is 7.67. The van der Waals surface area contributed by atoms with E-state index in [1.807, 2.05) is 47.0 Å². The van der Waals surface area contributed by atoms with Gasteiger partial charge in [0.25, 0.3) is 0 Å². The molecule has 0 radical (unpaired) electrons. The Morgan fingerprint density at radius 1 is 0.462 bits per heavy atom. The van der Waals surface area contributed by atoms with Crippen molar-refractivity contribution >= 4 is 47.0 Å². The Balaban J connectivity index is 2.98. The van der Waals surface area contributed by atoms with Crippen LogP contribution in [0, 0.1) is 0 Å². The molecule has 0 atom stereocenters. The smallest absolute Gasteiger partial charge is 0.0188 e. The highest BCUT2D eigenvalue weighted by molar-refractivity contribution is 7.99. The average molecular weight is 435 g/mol. The Hall–Kier alpha value is 0.460. The van der Waals surface area contributed by atoms with E-state index >= 15 is 0 Å². The predicted molar refractivity (Wildman–Crippen MR) is 127 cm³/mol. The minimum Gasteiger partial charge on any atom is -0.330 e. The molecular formula is C18H34N4S4. The molecular weight excluding hydrogens is 400 g/mol. The molecule has 0 aliphatic rings. The van der Waals surface area contributed by atoms with Crippen LogP contribution in [0.1, 0.15) is 22.3 Å². The van der Waals surface area contributed by atoms with Gasteiger partial charge in [-0.15, -0.1) is 0 Å². The Morgan fingerprint density at radius 3 is 0.885 bits per heavy atom. The summed E-state index contributed by atoms with van der Waals surface area (Å²) in [5.74, 6) is 8.12. The van der Waals surface area contributed by atoms with Crippen molar-refractivity contribution in [2.75, 3.05) is 49.2 Å². The number of rotatable bonds is 16. The van der Waals surface area contributed by atoms with Crippen LogP contribution >= 0.6 is 47.0 Å². The first kappa shape index (κ1) is 24.5. The zero-order valence-corrected chi connectivity index (χ0v) is 18.8. The number of hydrogen-bond donors (Lipinski definition) is 4. The van der Waals surface area contributed by atoms with Crippen LogP contribution in [-0.4, -0.2) is 49.2 Å². The van der Waals surface area contributed by atoms with Crippen LogP contribution in [0.3, 0.4) is 0 Å². The van der Waals surface area contributed by atoms with Crippen LogP contribution in [0.15, 0.2) is 12.1 Å². The van der Waals surface area contributed by atoms with Crippen molar-refractivity contribution in [3.05, 3.63) is 34.4 Å². The second kappa shape index (κ2) is 16.4. The van der Waals surface area contributed by atoms with Crippen LogP contribution in [-0.2, 0) is 23.0 Å². The molecule has 0 amide bonds. The second-order valence-electron chi connectivity index (χ2n) is 5.75. The molecule has 4 nitrogen and oxygen atoms in total. The van der Waals surface area contributed by atoms with E-state index in [0.29, 0.717) is 0 Å². The van der Waals surface area contributed by atoms with Crippen LogP contribution in [0.4, 0.5) is 0 Å². The van der Waals surface area contributed by atoms with E-state index in [2.05, 4.69) is 12.1 Å². The lowest BCUT2D eigenvalue weighted by Crippen LogP contribution is -2.06. The van der Waals surface area contributed by atoms with Crippen molar-refractivity contribution in [2.45, 2.75) is 23.0 Å². The summed E-state index contributed by atoms with van der Waals surface area (Å²) in [4.78, 5) is 0. The van der Waals surface area contributed by atoms with Gasteiger partial charge in [-0.05, 0) is 22.3 Å². The maximum atomic E-state index is 5.67. The Labute approximate surface area is 176 Å². The second-order valence-corrected chi connectivity index (χ2v) is 10.2. The van der Waals surface area contributed by atoms with Crippen molar-refractivity contribution in [1.82, 2.24) is 0 Å². The molecule has 26 heavy (non-hydrogen) atoms. The maximum absolute atomic E-state index is 5.67. The van der Waals surface area contributed by atoms with Crippen LogP contribution in [0.2, 0.25) is 0 Å². The fourth-order valence-electron chi connectivity index (χ4n) is 2.39. The first-order chi connectivity index (χ1) is 12.8. The number of hydrogen-bond acceptors (Lipinski definition) is 8. The fourth-order valence-corrected chi connectivity index (χ4v) is 5.59. The largest absolute Gasteiger partial charge is 0.330 e. The van der Waals surface area contributed by atoms with Crippen LogP contribution in [0.25, 0.3) is 0 Å². The third-order valence-electron chi connectivity index (χ3n) is 3.60. The van der Waals surface area contributed by atoms with E-state index in [9.17, 15) is 0 Å². The molecule has 1 aromatic rings. The van der Waals surface area contributed by atoms with Gasteiger partial charge in [0.05, 0.1) is 0 Å². The summed E-state index contributed by atoms with van der Waals surface area (Å²) in [6, 6.07) is 4.84. The molecule has 0 aromatic heterocycles. The molecule has 0 saturated heterocycles. The van der Waals surface area contributed by atoms with E-state index in [4.69, 9.17) is 22.9 Å². The van der Waals surface area contributed by atoms with Gasteiger partial charge in [-0.1, -0.05) is 12.1 Å². The summed E-state index contributed by atoms with van der Waals surface area (Å²) in [5, 5.41) is 0. The van der Waals surface area contributed by atoms with Gasteiger partial charge in [0.15, 0.2) is 0 Å². The van der Waals surface area contributed by atoms with Gasteiger partial charge in [-0.3, -0.25) is 0 Å². The summed E-state index contributed by atoms with van der Waals surface area (Å²) in [5.41, 5.74) is 28.5. The third-order valence-corrected chi connectivity index (χ3v) is 7.76. The summed E-state index contributed by atoms with van der Waals surface area (Å²) in [6.45, 7) is 2.92. The van der Waals surface area contributed by atoms with Crippen molar-refractivity contribution in [2.24, 2.45) is 22.9 Å². The lowest BCUT2D eigenvalue weighted by Gasteiger charge is -2.17. The van der Waals surface area contributed by atoms with E-state index in [1.54, 1.807) is 0 Å². The molecule has 0 aliphatic carbocycles. The van der Waals surface area contributed by atoms with Crippen LogP contribution in [0.5, 0.6) is 0 Å². The maximum Gasteiger partial charge on any atom is 0.0188 e. The van der Waals surface area contributed by atoms with Gasteiger partial charge in [-0.25, -0.2) is 0 Å². The average Bonchev–Trinajstić information content (AvgIpc) is 2.64. The molecule has 0 bridgehead atoms. The molecule has 8 N–H and O–H groups in total. The normalized spacial score (nSPS) is 11.2. The topological polar surface area (TPSA) is 104 Å². The molecule has 1 rings (SSSR count). The highest BCUT2D eigenvalue weighted by atomic mass is 32.2. The summed E-state index contributed by atoms with van der Waals surface area (Å²) in [6.07, 6.45) is 0. The number of nitrogens with two attached hydrogens (primary N) is 4. The fraction of sp³-hybridized carbons (Fsp3) is 0.667. The number of thioether (sulfide) groups is 4. The SMILES string of the molecule is NCCSCc1cc(CSCCN)c(CSCCN)cc1CSCCN. The zero-order chi connectivity index (χ0) is 19.0. The molecule has 0 fully saturated rings. The summed E-state index contributed by atoms with van der Waals surface area (Å²) < 4.78 is 0. The molecule has 0 saturated carbocycles. The molecule has 0 unspecified atom stereocenters. The Kier molecular flexibility index (Phi) is 15.5. The monoisotopic (exact) mass is 434 g/mol. The number of benzene rings is 1. The van der Waals surface area contributed by atoms with E-state index in [0.717, 1.165) is 72.2 Å². The van der Waals surface area contributed by atoms with E-state index < -0.39 is 0 Å². The molecule has 150 valence electrons. The van der Waals surface area contributed by atoms with Crippen molar-refractivity contribution in [1.29, 1.82) is 0 Å². The highest BCUT2D eigenvalue weighted by Crippen LogP contribution is 2.29. The molecule has 8 heteroatoms. The van der Waals surface area contributed by atoms with E-state index in [-0.39, 0.29) is 0 Å². The minimum absolute atomic E-state index is 0.731. The third kappa shape index (κ3) is 10.1. The first-order valence-electron chi connectivity index (χ1n) is 9.01. The lowest BCUT2D eigenvalue weighted by atomic mass is 10.0. The van der Waals surface area contributed by atoms with Gasteiger partial charge in [0, 0.05) is 72.2 Å². The van der Waals surface area contributed by atoms with Crippen molar-refractivity contribution in [3.8, 4) is 0 Å². The van der Waals surface area contributed by atoms with Crippen molar-refractivity contribution < 1.29 is 0 Å². The minimum atomic E-state index is 0.731. The quantitative estimate of drug-likeness (QED) is 0.294. The van der Waals surface area contributed by atoms with Gasteiger partial charge in [-0.2, -0.15) is 47.0 Å². The predicted octanol–water partition coefficient (Wildman–Crippen LogP) is 2.45. The molecule has 0 aliphatic heterocycles. The molecule has 0 spiro atoms. The van der Waals surface area contributed by atoms with Gasteiger partial charge < -0.3 is 22.9 Å². The van der Waals surface area contributed by atoms with Gasteiger partial charge in [0.2, 0.25) is 0 Å². The van der Waals surface area contributed by atoms with Gasteiger partial charge in [0.1, 0.15) is 0 Å². The zero-order valence-electron chi connectivity index (χ0n) is 15.6. The standard InChI is InChI=1S/C18H34N4S4/c19-1-5-23-11-15-9-17(13-25-7-3-21)18(14-26-8-4-22)10-16(15)12-24-6-2-20/h9-10H,1-8,11-14,19-22H2. The van der Waals surface area contributed by atoms with Crippen molar-refractivity contribution in [3.63, 3.8) is 0 Å². The van der Waals surface area contributed by atoms with Gasteiger partial charge >= 0.3 is 0 Å².